The zero-order chi connectivity index (χ0) is 20.8. The van der Waals surface area contributed by atoms with Gasteiger partial charge in [-0.15, -0.1) is 0 Å². The third-order valence-corrected chi connectivity index (χ3v) is 3.94. The Labute approximate surface area is 165 Å². The van der Waals surface area contributed by atoms with Crippen molar-refractivity contribution in [3.63, 3.8) is 0 Å². The van der Waals surface area contributed by atoms with E-state index in [0.717, 1.165) is 0 Å². The Morgan fingerprint density at radius 2 is 1.66 bits per heavy atom. The van der Waals surface area contributed by atoms with E-state index in [1.165, 1.54) is 55.8 Å². The van der Waals surface area contributed by atoms with Crippen LogP contribution in [0.3, 0.4) is 0 Å². The monoisotopic (exact) mass is 393 g/mol. The molecule has 0 spiro atoms. The van der Waals surface area contributed by atoms with Crippen LogP contribution < -0.4 is 10.6 Å². The maximum Gasteiger partial charge on any atom is 0.339 e. The van der Waals surface area contributed by atoms with Crippen molar-refractivity contribution in [2.75, 3.05) is 17.7 Å². The summed E-state index contributed by atoms with van der Waals surface area (Å²) >= 11 is 0. The number of methoxy groups -OCH3 is 1. The molecule has 0 fully saturated rings. The molecule has 0 saturated carbocycles. The quantitative estimate of drug-likeness (QED) is 0.647. The molecule has 0 aliphatic rings. The number of para-hydroxylation sites is 1. The van der Waals surface area contributed by atoms with Crippen LogP contribution in [0.2, 0.25) is 0 Å². The molecule has 1 heterocycles. The molecule has 2 amide bonds. The first-order chi connectivity index (χ1) is 14.0. The summed E-state index contributed by atoms with van der Waals surface area (Å²) in [5, 5.41) is 5.20. The number of nitrogens with one attached hydrogen (secondary N) is 2. The summed E-state index contributed by atoms with van der Waals surface area (Å²) in [6.07, 6.45) is 1.32. The van der Waals surface area contributed by atoms with Gasteiger partial charge in [0, 0.05) is 17.4 Å². The van der Waals surface area contributed by atoms with Crippen molar-refractivity contribution in [1.82, 2.24) is 4.98 Å². The highest BCUT2D eigenvalue weighted by molar-refractivity contribution is 6.09. The molecule has 7 nitrogen and oxygen atoms in total. The highest BCUT2D eigenvalue weighted by atomic mass is 19.1. The lowest BCUT2D eigenvalue weighted by molar-refractivity contribution is 0.0601. The first kappa shape index (κ1) is 19.7. The minimum atomic E-state index is -0.599. The van der Waals surface area contributed by atoms with Gasteiger partial charge in [0.1, 0.15) is 11.5 Å². The van der Waals surface area contributed by atoms with Crippen LogP contribution in [0.15, 0.2) is 66.9 Å². The molecule has 29 heavy (non-hydrogen) atoms. The van der Waals surface area contributed by atoms with Gasteiger partial charge >= 0.3 is 5.97 Å². The van der Waals surface area contributed by atoms with Gasteiger partial charge in [0.05, 0.1) is 18.4 Å². The van der Waals surface area contributed by atoms with Crippen molar-refractivity contribution in [3.8, 4) is 0 Å². The van der Waals surface area contributed by atoms with Gasteiger partial charge in [0.2, 0.25) is 0 Å². The van der Waals surface area contributed by atoms with Crippen molar-refractivity contribution < 1.29 is 23.5 Å². The number of hydrogen-bond donors (Lipinski definition) is 2. The smallest absolute Gasteiger partial charge is 0.339 e. The normalized spacial score (nSPS) is 10.1. The number of ether oxygens (including phenoxy) is 1. The predicted molar refractivity (Wildman–Crippen MR) is 104 cm³/mol. The number of anilines is 2. The zero-order valence-electron chi connectivity index (χ0n) is 15.3. The van der Waals surface area contributed by atoms with Crippen molar-refractivity contribution in [2.24, 2.45) is 0 Å². The Balaban J connectivity index is 1.77. The fraction of sp³-hybridized carbons (Fsp3) is 0.0476. The van der Waals surface area contributed by atoms with Gasteiger partial charge in [0.25, 0.3) is 11.8 Å². The molecule has 2 N–H and O–H groups in total. The highest BCUT2D eigenvalue weighted by Gasteiger charge is 2.16. The molecule has 3 aromatic rings. The number of esters is 1. The lowest BCUT2D eigenvalue weighted by Crippen LogP contribution is -2.18. The van der Waals surface area contributed by atoms with E-state index in [1.54, 1.807) is 18.2 Å². The highest BCUT2D eigenvalue weighted by Crippen LogP contribution is 2.17. The van der Waals surface area contributed by atoms with Crippen LogP contribution in [0, 0.1) is 5.82 Å². The van der Waals surface area contributed by atoms with Crippen LogP contribution in [0.4, 0.5) is 15.8 Å². The summed E-state index contributed by atoms with van der Waals surface area (Å²) in [6.45, 7) is 0. The molecule has 0 aliphatic heterocycles. The minimum Gasteiger partial charge on any atom is -0.465 e. The molecule has 0 bridgehead atoms. The number of halogens is 1. The Hall–Kier alpha value is -4.07. The largest absolute Gasteiger partial charge is 0.465 e. The summed E-state index contributed by atoms with van der Waals surface area (Å²) in [5.41, 5.74) is 1.03. The summed E-state index contributed by atoms with van der Waals surface area (Å²) in [7, 11) is 1.24. The van der Waals surface area contributed by atoms with Gasteiger partial charge in [-0.1, -0.05) is 12.1 Å². The summed E-state index contributed by atoms with van der Waals surface area (Å²) in [5.74, 6) is -2.10. The molecule has 1 aromatic heterocycles. The van der Waals surface area contributed by atoms with Crippen LogP contribution in [-0.2, 0) is 4.74 Å². The number of nitrogens with zero attached hydrogens (tertiary/aromatic N) is 1. The van der Waals surface area contributed by atoms with E-state index in [2.05, 4.69) is 15.6 Å². The Kier molecular flexibility index (Phi) is 5.94. The molecule has 0 aliphatic carbocycles. The number of carbonyl (C=O) groups excluding carboxylic acids is 3. The standard InChI is InChI=1S/C21H16FN3O4/c1-29-21(28)16-4-2-3-5-17(16)25-20(27)18-12-13(10-11-23-18)19(26)24-15-8-6-14(22)7-9-15/h2-12H,1H3,(H,24,26)(H,25,27). The van der Waals surface area contributed by atoms with Gasteiger partial charge in [-0.2, -0.15) is 0 Å². The first-order valence-corrected chi connectivity index (χ1v) is 8.49. The van der Waals surface area contributed by atoms with Crippen molar-refractivity contribution >= 4 is 29.2 Å². The van der Waals surface area contributed by atoms with Gasteiger partial charge in [-0.05, 0) is 48.5 Å². The number of aromatic nitrogens is 1. The van der Waals surface area contributed by atoms with E-state index in [4.69, 9.17) is 4.74 Å². The van der Waals surface area contributed by atoms with Crippen LogP contribution in [-0.4, -0.2) is 29.9 Å². The molecule has 0 radical (unpaired) electrons. The number of rotatable bonds is 5. The Morgan fingerprint density at radius 1 is 0.931 bits per heavy atom. The van der Waals surface area contributed by atoms with Gasteiger partial charge in [-0.25, -0.2) is 9.18 Å². The summed E-state index contributed by atoms with van der Waals surface area (Å²) in [6, 6.07) is 14.4. The minimum absolute atomic E-state index is 0.0172. The second kappa shape index (κ2) is 8.75. The topological polar surface area (TPSA) is 97.4 Å². The van der Waals surface area contributed by atoms with E-state index in [1.807, 2.05) is 0 Å². The van der Waals surface area contributed by atoms with E-state index in [-0.39, 0.29) is 22.5 Å². The molecule has 2 aromatic carbocycles. The third kappa shape index (κ3) is 4.81. The maximum absolute atomic E-state index is 13.0. The number of benzene rings is 2. The van der Waals surface area contributed by atoms with Crippen LogP contribution in [0.25, 0.3) is 0 Å². The first-order valence-electron chi connectivity index (χ1n) is 8.49. The molecular weight excluding hydrogens is 377 g/mol. The van der Waals surface area contributed by atoms with Crippen LogP contribution in [0.5, 0.6) is 0 Å². The van der Waals surface area contributed by atoms with Gasteiger partial charge in [0.15, 0.2) is 0 Å². The van der Waals surface area contributed by atoms with Crippen molar-refractivity contribution in [2.45, 2.75) is 0 Å². The van der Waals surface area contributed by atoms with E-state index < -0.39 is 23.6 Å². The number of pyridine rings is 1. The molecule has 8 heteroatoms. The SMILES string of the molecule is COC(=O)c1ccccc1NC(=O)c1cc(C(=O)Nc2ccc(F)cc2)ccn1. The van der Waals surface area contributed by atoms with Crippen molar-refractivity contribution in [3.05, 3.63) is 89.5 Å². The molecule has 3 rings (SSSR count). The average Bonchev–Trinajstić information content (AvgIpc) is 2.75. The van der Waals surface area contributed by atoms with E-state index in [0.29, 0.717) is 5.69 Å². The number of amides is 2. The molecule has 0 saturated heterocycles. The van der Waals surface area contributed by atoms with Crippen LogP contribution in [0.1, 0.15) is 31.2 Å². The van der Waals surface area contributed by atoms with E-state index in [9.17, 15) is 18.8 Å². The zero-order valence-corrected chi connectivity index (χ0v) is 15.3. The molecular formula is C21H16FN3O4. The molecule has 0 unspecified atom stereocenters. The third-order valence-electron chi connectivity index (χ3n) is 3.94. The Bertz CT molecular complexity index is 1070. The van der Waals surface area contributed by atoms with Gasteiger partial charge in [-0.3, -0.25) is 14.6 Å². The maximum atomic E-state index is 13.0. The van der Waals surface area contributed by atoms with E-state index >= 15 is 0 Å². The van der Waals surface area contributed by atoms with Gasteiger partial charge < -0.3 is 15.4 Å². The van der Waals surface area contributed by atoms with Crippen LogP contribution >= 0.6 is 0 Å². The number of carbonyl (C=O) groups is 3. The molecule has 0 atom stereocenters. The second-order valence-electron chi connectivity index (χ2n) is 5.88. The lowest BCUT2D eigenvalue weighted by Gasteiger charge is -2.10. The fourth-order valence-corrected chi connectivity index (χ4v) is 2.50. The lowest BCUT2D eigenvalue weighted by atomic mass is 10.1. The average molecular weight is 393 g/mol. The van der Waals surface area contributed by atoms with Crippen molar-refractivity contribution in [1.29, 1.82) is 0 Å². The molecule has 146 valence electrons. The number of hydrogen-bond acceptors (Lipinski definition) is 5. The summed E-state index contributed by atoms with van der Waals surface area (Å²) < 4.78 is 17.7. The second-order valence-corrected chi connectivity index (χ2v) is 5.88. The summed E-state index contributed by atoms with van der Waals surface area (Å²) in [4.78, 5) is 40.7. The predicted octanol–water partition coefficient (Wildman–Crippen LogP) is 3.51. The Morgan fingerprint density at radius 3 is 2.38 bits per heavy atom. The fourth-order valence-electron chi connectivity index (χ4n) is 2.50.